The third-order valence-corrected chi connectivity index (χ3v) is 4.51. The van der Waals surface area contributed by atoms with Crippen molar-refractivity contribution in [1.29, 1.82) is 0 Å². The number of aliphatic hydroxyl groups excluding tert-OH is 1. The van der Waals surface area contributed by atoms with Gasteiger partial charge in [0.1, 0.15) is 5.54 Å². The maximum absolute atomic E-state index is 11.6. The van der Waals surface area contributed by atoms with Gasteiger partial charge in [-0.25, -0.2) is 0 Å². The Morgan fingerprint density at radius 3 is 2.53 bits per heavy atom. The third kappa shape index (κ3) is 5.75. The van der Waals surface area contributed by atoms with Gasteiger partial charge in [0.2, 0.25) is 0 Å². The summed E-state index contributed by atoms with van der Waals surface area (Å²) >= 11 is 1.73. The number of rotatable bonds is 8. The van der Waals surface area contributed by atoms with Crippen LogP contribution >= 0.6 is 11.8 Å². The van der Waals surface area contributed by atoms with E-state index < -0.39 is 5.54 Å². The lowest BCUT2D eigenvalue weighted by Crippen LogP contribution is -2.48. The molecule has 0 radical (unpaired) electrons. The quantitative estimate of drug-likeness (QED) is 0.512. The van der Waals surface area contributed by atoms with Gasteiger partial charge in [0.25, 0.3) is 0 Å². The number of hydrogen-bond acceptors (Lipinski definition) is 5. The highest BCUT2D eigenvalue weighted by atomic mass is 32.2. The topological polar surface area (TPSA) is 58.6 Å². The van der Waals surface area contributed by atoms with Gasteiger partial charge in [0.15, 0.2) is 0 Å². The van der Waals surface area contributed by atoms with E-state index in [0.29, 0.717) is 0 Å². The lowest BCUT2D eigenvalue weighted by molar-refractivity contribution is -0.148. The van der Waals surface area contributed by atoms with Gasteiger partial charge in [-0.1, -0.05) is 6.92 Å². The number of hydrogen-bond donors (Lipinski definition) is 2. The number of carbonyl (C=O) groups excluding carboxylic acids is 1. The van der Waals surface area contributed by atoms with Crippen LogP contribution in [0.1, 0.15) is 33.6 Å². The number of likely N-dealkylation sites (N-methyl/N-ethyl adjacent to an activating group) is 1. The largest absolute Gasteiger partial charge is 0.468 e. The van der Waals surface area contributed by atoms with E-state index in [4.69, 9.17) is 4.74 Å². The van der Waals surface area contributed by atoms with E-state index in [1.807, 2.05) is 13.8 Å². The zero-order chi connectivity index (χ0) is 13.5. The van der Waals surface area contributed by atoms with Crippen LogP contribution in [0.3, 0.4) is 0 Å². The van der Waals surface area contributed by atoms with Gasteiger partial charge in [0, 0.05) is 5.25 Å². The van der Waals surface area contributed by atoms with Crippen molar-refractivity contribution in [3.63, 3.8) is 0 Å². The monoisotopic (exact) mass is 263 g/mol. The molecule has 0 amide bonds. The Balaban J connectivity index is 3.97. The van der Waals surface area contributed by atoms with Crippen molar-refractivity contribution in [2.75, 3.05) is 19.9 Å². The minimum Gasteiger partial charge on any atom is -0.468 e. The van der Waals surface area contributed by atoms with Gasteiger partial charge in [0.05, 0.1) is 13.2 Å². The molecule has 0 aromatic carbocycles. The molecule has 0 fully saturated rings. The van der Waals surface area contributed by atoms with E-state index in [-0.39, 0.29) is 17.3 Å². The van der Waals surface area contributed by atoms with E-state index in [1.165, 1.54) is 7.11 Å². The molecule has 0 aromatic rings. The Labute approximate surface area is 108 Å². The Kier molecular flexibility index (Phi) is 7.83. The van der Waals surface area contributed by atoms with Crippen LogP contribution in [0.2, 0.25) is 0 Å². The molecule has 0 aliphatic heterocycles. The molecule has 0 spiro atoms. The number of esters is 1. The predicted molar refractivity (Wildman–Crippen MR) is 72.3 cm³/mol. The van der Waals surface area contributed by atoms with Crippen LogP contribution in [0.25, 0.3) is 0 Å². The summed E-state index contributed by atoms with van der Waals surface area (Å²) in [7, 11) is 3.17. The molecular weight excluding hydrogens is 238 g/mol. The molecule has 0 aromatic heterocycles. The van der Waals surface area contributed by atoms with Gasteiger partial charge in [-0.15, -0.1) is 0 Å². The Bertz CT molecular complexity index is 236. The highest BCUT2D eigenvalue weighted by Gasteiger charge is 2.31. The molecule has 0 aliphatic carbocycles. The Hall–Kier alpha value is -0.260. The number of thioether (sulfide) groups is 1. The average Bonchev–Trinajstić information content (AvgIpc) is 2.32. The lowest BCUT2D eigenvalue weighted by atomic mass is 9.97. The van der Waals surface area contributed by atoms with Crippen molar-refractivity contribution in [2.45, 2.75) is 50.5 Å². The summed E-state index contributed by atoms with van der Waals surface area (Å²) in [6, 6.07) is 0. The van der Waals surface area contributed by atoms with Crippen LogP contribution in [-0.4, -0.2) is 47.9 Å². The molecule has 3 unspecified atom stereocenters. The van der Waals surface area contributed by atoms with Crippen LogP contribution in [0.5, 0.6) is 0 Å². The van der Waals surface area contributed by atoms with Crippen molar-refractivity contribution in [2.24, 2.45) is 0 Å². The van der Waals surface area contributed by atoms with Crippen LogP contribution in [0.15, 0.2) is 0 Å². The van der Waals surface area contributed by atoms with Crippen molar-refractivity contribution in [3.05, 3.63) is 0 Å². The fourth-order valence-electron chi connectivity index (χ4n) is 1.39. The van der Waals surface area contributed by atoms with Gasteiger partial charge < -0.3 is 15.2 Å². The van der Waals surface area contributed by atoms with Crippen LogP contribution < -0.4 is 5.32 Å². The summed E-state index contributed by atoms with van der Waals surface area (Å²) in [5.41, 5.74) is -0.608. The second-order valence-electron chi connectivity index (χ2n) is 4.49. The number of carbonyl (C=O) groups is 1. The van der Waals surface area contributed by atoms with E-state index >= 15 is 0 Å². The minimum atomic E-state index is -0.608. The van der Waals surface area contributed by atoms with E-state index in [9.17, 15) is 9.90 Å². The summed E-state index contributed by atoms with van der Waals surface area (Å²) in [4.78, 5) is 11.6. The molecule has 0 heterocycles. The fraction of sp³-hybridized carbons (Fsp3) is 0.917. The average molecular weight is 263 g/mol. The second kappa shape index (κ2) is 7.95. The molecule has 5 heteroatoms. The summed E-state index contributed by atoms with van der Waals surface area (Å²) < 4.78 is 4.77. The molecule has 3 atom stereocenters. The highest BCUT2D eigenvalue weighted by Crippen LogP contribution is 2.20. The first kappa shape index (κ1) is 16.7. The van der Waals surface area contributed by atoms with Gasteiger partial charge >= 0.3 is 5.97 Å². The third-order valence-electron chi connectivity index (χ3n) is 3.07. The Morgan fingerprint density at radius 2 is 2.12 bits per heavy atom. The number of methoxy groups -OCH3 is 1. The van der Waals surface area contributed by atoms with E-state index in [1.54, 1.807) is 25.7 Å². The smallest absolute Gasteiger partial charge is 0.325 e. The predicted octanol–water partition coefficient (Wildman–Crippen LogP) is 1.42. The summed E-state index contributed by atoms with van der Waals surface area (Å²) in [6.45, 7) is 5.65. The highest BCUT2D eigenvalue weighted by molar-refractivity contribution is 7.99. The van der Waals surface area contributed by atoms with Gasteiger partial charge in [-0.3, -0.25) is 4.79 Å². The zero-order valence-corrected chi connectivity index (χ0v) is 12.3. The maximum Gasteiger partial charge on any atom is 0.325 e. The molecule has 4 nitrogen and oxygen atoms in total. The molecule has 0 aliphatic rings. The summed E-state index contributed by atoms with van der Waals surface area (Å²) in [6.07, 6.45) is 1.35. The Morgan fingerprint density at radius 1 is 1.53 bits per heavy atom. The summed E-state index contributed by atoms with van der Waals surface area (Å²) in [5.74, 6) is 0.703. The van der Waals surface area contributed by atoms with Crippen LogP contribution in [0, 0.1) is 0 Å². The molecule has 0 saturated heterocycles. The van der Waals surface area contributed by atoms with Crippen molar-refractivity contribution >= 4 is 17.7 Å². The molecule has 2 N–H and O–H groups in total. The second-order valence-corrected chi connectivity index (χ2v) is 5.98. The minimum absolute atomic E-state index is 0.228. The van der Waals surface area contributed by atoms with E-state index in [0.717, 1.165) is 18.6 Å². The molecule has 0 bridgehead atoms. The van der Waals surface area contributed by atoms with Gasteiger partial charge in [-0.05, 0) is 39.5 Å². The van der Waals surface area contributed by atoms with Gasteiger partial charge in [-0.2, -0.15) is 11.8 Å². The first-order valence-electron chi connectivity index (χ1n) is 5.94. The number of aliphatic hydroxyl groups is 1. The molecule has 0 rings (SSSR count). The molecule has 102 valence electrons. The normalized spacial score (nSPS) is 18.2. The number of nitrogens with one attached hydrogen (secondary N) is 1. The number of ether oxygens (including phenoxy) is 1. The standard InChI is InChI=1S/C12H25NO3S/c1-9(14)10(2)17-8-6-7-12(3,13-4)11(15)16-5/h9-10,13-14H,6-8H2,1-5H3. The SMILES string of the molecule is CNC(C)(CCCSC(C)C(C)O)C(=O)OC. The van der Waals surface area contributed by atoms with E-state index in [2.05, 4.69) is 5.32 Å². The molecule has 0 saturated carbocycles. The maximum atomic E-state index is 11.6. The first-order valence-corrected chi connectivity index (χ1v) is 6.99. The molecule has 17 heavy (non-hydrogen) atoms. The van der Waals surface area contributed by atoms with Crippen molar-refractivity contribution < 1.29 is 14.6 Å². The summed E-state index contributed by atoms with van der Waals surface area (Å²) in [5, 5.41) is 12.6. The molecular formula is C12H25NO3S. The van der Waals surface area contributed by atoms with Crippen LogP contribution in [-0.2, 0) is 9.53 Å². The first-order chi connectivity index (χ1) is 7.87. The van der Waals surface area contributed by atoms with Crippen molar-refractivity contribution in [1.82, 2.24) is 5.32 Å². The fourth-order valence-corrected chi connectivity index (χ4v) is 2.35. The van der Waals surface area contributed by atoms with Crippen molar-refractivity contribution in [3.8, 4) is 0 Å². The zero-order valence-electron chi connectivity index (χ0n) is 11.4. The lowest BCUT2D eigenvalue weighted by Gasteiger charge is -2.26. The van der Waals surface area contributed by atoms with Crippen LogP contribution in [0.4, 0.5) is 0 Å².